The maximum Gasteiger partial charge on any atom is 0.0772 e. The van der Waals surface area contributed by atoms with Crippen LogP contribution in [0.2, 0.25) is 0 Å². The first-order chi connectivity index (χ1) is 6.15. The van der Waals surface area contributed by atoms with Crippen LogP contribution < -0.4 is 5.32 Å². The molecule has 1 atom stereocenters. The van der Waals surface area contributed by atoms with Gasteiger partial charge in [0, 0.05) is 6.04 Å². The number of nitrogens with zero attached hydrogens (tertiary/aromatic N) is 2. The van der Waals surface area contributed by atoms with Crippen LogP contribution >= 0.6 is 11.5 Å². The molecule has 1 aromatic heterocycles. The fourth-order valence-corrected chi connectivity index (χ4v) is 2.15. The second kappa shape index (κ2) is 4.67. The largest absolute Gasteiger partial charge is 0.312 e. The number of rotatable bonds is 4. The molecular weight excluding hydrogens is 182 g/mol. The maximum atomic E-state index is 4.02. The highest BCUT2D eigenvalue weighted by Gasteiger charge is 2.16. The van der Waals surface area contributed by atoms with Gasteiger partial charge >= 0.3 is 0 Å². The van der Waals surface area contributed by atoms with Gasteiger partial charge in [0.25, 0.3) is 0 Å². The molecule has 1 rings (SSSR count). The van der Waals surface area contributed by atoms with Crippen molar-refractivity contribution in [1.29, 1.82) is 0 Å². The molecule has 0 aromatic carbocycles. The Balaban J connectivity index is 2.72. The summed E-state index contributed by atoms with van der Waals surface area (Å²) in [6, 6.07) is 0.417. The molecule has 0 fully saturated rings. The van der Waals surface area contributed by atoms with Crippen LogP contribution in [0, 0.1) is 12.8 Å². The van der Waals surface area contributed by atoms with E-state index in [-0.39, 0.29) is 0 Å². The number of aromatic nitrogens is 2. The van der Waals surface area contributed by atoms with Crippen molar-refractivity contribution in [1.82, 2.24) is 14.9 Å². The topological polar surface area (TPSA) is 37.8 Å². The molecule has 4 heteroatoms. The lowest BCUT2D eigenvalue weighted by molar-refractivity contribution is 0.460. The van der Waals surface area contributed by atoms with Crippen molar-refractivity contribution >= 4 is 11.5 Å². The van der Waals surface area contributed by atoms with E-state index in [1.54, 1.807) is 0 Å². The van der Waals surface area contributed by atoms with Crippen molar-refractivity contribution in [2.24, 2.45) is 5.92 Å². The van der Waals surface area contributed by atoms with Crippen LogP contribution in [0.3, 0.4) is 0 Å². The second-order valence-electron chi connectivity index (χ2n) is 3.69. The summed E-state index contributed by atoms with van der Waals surface area (Å²) in [6.07, 6.45) is 1.14. The molecule has 0 aliphatic carbocycles. The lowest BCUT2D eigenvalue weighted by atomic mass is 10.0. The Morgan fingerprint density at radius 2 is 2.15 bits per heavy atom. The van der Waals surface area contributed by atoms with Crippen molar-refractivity contribution in [3.63, 3.8) is 0 Å². The van der Waals surface area contributed by atoms with Gasteiger partial charge < -0.3 is 5.32 Å². The lowest BCUT2D eigenvalue weighted by Gasteiger charge is -2.16. The number of hydrogen-bond acceptors (Lipinski definition) is 4. The Labute approximate surface area is 83.7 Å². The van der Waals surface area contributed by atoms with Gasteiger partial charge in [0.15, 0.2) is 0 Å². The minimum Gasteiger partial charge on any atom is -0.312 e. The van der Waals surface area contributed by atoms with Crippen molar-refractivity contribution in [3.05, 3.63) is 10.6 Å². The Morgan fingerprint density at radius 1 is 1.46 bits per heavy atom. The summed E-state index contributed by atoms with van der Waals surface area (Å²) in [5.74, 6) is 0.693. The summed E-state index contributed by atoms with van der Waals surface area (Å²) < 4.78 is 3.95. The molecule has 0 spiro atoms. The van der Waals surface area contributed by atoms with Gasteiger partial charge in [-0.25, -0.2) is 0 Å². The van der Waals surface area contributed by atoms with Crippen molar-refractivity contribution in [2.45, 2.75) is 33.2 Å². The lowest BCUT2D eigenvalue weighted by Crippen LogP contribution is -2.18. The first-order valence-electron chi connectivity index (χ1n) is 4.61. The first kappa shape index (κ1) is 10.6. The summed E-state index contributed by atoms with van der Waals surface area (Å²) in [4.78, 5) is 1.27. The van der Waals surface area contributed by atoms with Crippen LogP contribution in [-0.2, 0) is 0 Å². The summed E-state index contributed by atoms with van der Waals surface area (Å²) in [6.45, 7) is 6.48. The molecule has 1 aromatic rings. The number of aryl methyl sites for hydroxylation is 1. The average molecular weight is 199 g/mol. The summed E-state index contributed by atoms with van der Waals surface area (Å²) >= 11 is 1.50. The number of hydrogen-bond donors (Lipinski definition) is 1. The van der Waals surface area contributed by atoms with E-state index in [0.29, 0.717) is 12.0 Å². The molecule has 13 heavy (non-hydrogen) atoms. The molecule has 1 heterocycles. The predicted molar refractivity (Wildman–Crippen MR) is 55.9 cm³/mol. The zero-order valence-electron chi connectivity index (χ0n) is 8.66. The molecule has 0 aliphatic rings. The van der Waals surface area contributed by atoms with E-state index in [2.05, 4.69) is 28.8 Å². The standard InChI is InChI=1S/C9H17N3S/c1-6(2)5-8(10-4)9-7(3)11-12-13-9/h6,8,10H,5H2,1-4H3. The normalized spacial score (nSPS) is 13.6. The minimum absolute atomic E-state index is 0.417. The molecule has 0 saturated heterocycles. The highest BCUT2D eigenvalue weighted by Crippen LogP contribution is 2.25. The van der Waals surface area contributed by atoms with Crippen molar-refractivity contribution in [3.8, 4) is 0 Å². The van der Waals surface area contributed by atoms with Crippen LogP contribution in [0.4, 0.5) is 0 Å². The Morgan fingerprint density at radius 3 is 2.54 bits per heavy atom. The van der Waals surface area contributed by atoms with E-state index in [0.717, 1.165) is 12.1 Å². The van der Waals surface area contributed by atoms with Gasteiger partial charge in [0.2, 0.25) is 0 Å². The quantitative estimate of drug-likeness (QED) is 0.807. The van der Waals surface area contributed by atoms with Crippen LogP contribution in [0.1, 0.15) is 36.9 Å². The van der Waals surface area contributed by atoms with Gasteiger partial charge in [-0.2, -0.15) is 0 Å². The van der Waals surface area contributed by atoms with Crippen molar-refractivity contribution in [2.75, 3.05) is 7.05 Å². The third-order valence-electron chi connectivity index (χ3n) is 2.06. The molecule has 1 N–H and O–H groups in total. The van der Waals surface area contributed by atoms with E-state index in [1.807, 2.05) is 14.0 Å². The summed E-state index contributed by atoms with van der Waals surface area (Å²) in [5.41, 5.74) is 1.06. The zero-order chi connectivity index (χ0) is 9.84. The SMILES string of the molecule is CNC(CC(C)C)c1snnc1C. The molecule has 0 aliphatic heterocycles. The second-order valence-corrected chi connectivity index (χ2v) is 4.48. The van der Waals surface area contributed by atoms with E-state index in [4.69, 9.17) is 0 Å². The fourth-order valence-electron chi connectivity index (χ4n) is 1.38. The van der Waals surface area contributed by atoms with Crippen LogP contribution in [0.15, 0.2) is 0 Å². The Kier molecular flexibility index (Phi) is 3.81. The van der Waals surface area contributed by atoms with Gasteiger partial charge in [0.05, 0.1) is 10.6 Å². The predicted octanol–water partition coefficient (Wildman–Crippen LogP) is 2.15. The highest BCUT2D eigenvalue weighted by atomic mass is 32.1. The van der Waals surface area contributed by atoms with Crippen LogP contribution in [0.25, 0.3) is 0 Å². The average Bonchev–Trinajstić information content (AvgIpc) is 2.47. The number of nitrogens with one attached hydrogen (secondary N) is 1. The van der Waals surface area contributed by atoms with E-state index in [9.17, 15) is 0 Å². The molecule has 0 bridgehead atoms. The molecule has 74 valence electrons. The van der Waals surface area contributed by atoms with E-state index < -0.39 is 0 Å². The van der Waals surface area contributed by atoms with Crippen LogP contribution in [-0.4, -0.2) is 16.6 Å². The van der Waals surface area contributed by atoms with Gasteiger partial charge in [-0.1, -0.05) is 18.3 Å². The van der Waals surface area contributed by atoms with Crippen molar-refractivity contribution < 1.29 is 0 Å². The molecule has 1 unspecified atom stereocenters. The molecular formula is C9H17N3S. The van der Waals surface area contributed by atoms with Gasteiger partial charge in [-0.3, -0.25) is 0 Å². The molecule has 0 saturated carbocycles. The Bertz CT molecular complexity index is 257. The summed E-state index contributed by atoms with van der Waals surface area (Å²) in [7, 11) is 1.99. The van der Waals surface area contributed by atoms with Gasteiger partial charge in [-0.05, 0) is 37.8 Å². The minimum atomic E-state index is 0.417. The zero-order valence-corrected chi connectivity index (χ0v) is 9.48. The summed E-state index contributed by atoms with van der Waals surface area (Å²) in [5, 5.41) is 7.33. The Hall–Kier alpha value is -0.480. The smallest absolute Gasteiger partial charge is 0.0772 e. The van der Waals surface area contributed by atoms with E-state index in [1.165, 1.54) is 16.4 Å². The molecule has 3 nitrogen and oxygen atoms in total. The fraction of sp³-hybridized carbons (Fsp3) is 0.778. The third-order valence-corrected chi connectivity index (χ3v) is 3.00. The third kappa shape index (κ3) is 2.74. The monoisotopic (exact) mass is 199 g/mol. The van der Waals surface area contributed by atoms with Crippen LogP contribution in [0.5, 0.6) is 0 Å². The van der Waals surface area contributed by atoms with Gasteiger partial charge in [0.1, 0.15) is 0 Å². The highest BCUT2D eigenvalue weighted by molar-refractivity contribution is 7.05. The van der Waals surface area contributed by atoms with E-state index >= 15 is 0 Å². The molecule has 0 amide bonds. The maximum absolute atomic E-state index is 4.02. The first-order valence-corrected chi connectivity index (χ1v) is 5.38. The molecule has 0 radical (unpaired) electrons. The van der Waals surface area contributed by atoms with Gasteiger partial charge in [-0.15, -0.1) is 5.10 Å².